The van der Waals surface area contributed by atoms with Crippen molar-refractivity contribution in [3.05, 3.63) is 74.8 Å². The van der Waals surface area contributed by atoms with Crippen LogP contribution >= 0.6 is 23.5 Å². The van der Waals surface area contributed by atoms with Gasteiger partial charge in [-0.05, 0) is 11.1 Å². The Balaban J connectivity index is 1.94. The van der Waals surface area contributed by atoms with Crippen molar-refractivity contribution in [3.63, 3.8) is 0 Å². The Morgan fingerprint density at radius 2 is 1.38 bits per heavy atom. The average molecular weight is 317 g/mol. The molecule has 0 unspecified atom stereocenters. The summed E-state index contributed by atoms with van der Waals surface area (Å²) in [7, 11) is 0. The molecule has 0 radical (unpaired) electrons. The van der Waals surface area contributed by atoms with Gasteiger partial charge < -0.3 is 0 Å². The maximum Gasteiger partial charge on any atom is 0.277 e. The van der Waals surface area contributed by atoms with E-state index in [0.29, 0.717) is 17.2 Å². The van der Waals surface area contributed by atoms with Gasteiger partial charge in [-0.1, -0.05) is 42.5 Å². The van der Waals surface area contributed by atoms with Gasteiger partial charge in [-0.2, -0.15) is 23.5 Å². The van der Waals surface area contributed by atoms with Gasteiger partial charge in [0.15, 0.2) is 0 Å². The number of para-hydroxylation sites is 1. The van der Waals surface area contributed by atoms with Crippen LogP contribution in [0.1, 0.15) is 22.3 Å². The Bertz CT molecular complexity index is 630. The zero-order valence-electron chi connectivity index (χ0n) is 11.5. The number of nitro benzene ring substituents is 1. The van der Waals surface area contributed by atoms with E-state index in [1.54, 1.807) is 23.5 Å². The Kier molecular flexibility index (Phi) is 4.51. The first-order valence-electron chi connectivity index (χ1n) is 6.72. The summed E-state index contributed by atoms with van der Waals surface area (Å²) < 4.78 is 0. The summed E-state index contributed by atoms with van der Waals surface area (Å²) in [6, 6.07) is 14.3. The molecule has 0 N–H and O–H groups in total. The van der Waals surface area contributed by atoms with Gasteiger partial charge in [0.25, 0.3) is 5.69 Å². The minimum Gasteiger partial charge on any atom is -0.258 e. The third-order valence-electron chi connectivity index (χ3n) is 3.43. The summed E-state index contributed by atoms with van der Waals surface area (Å²) in [5.74, 6) is 3.14. The number of hydrogen-bond donors (Lipinski definition) is 0. The molecule has 0 amide bonds. The van der Waals surface area contributed by atoms with Crippen LogP contribution in [-0.2, 0) is 23.0 Å². The summed E-state index contributed by atoms with van der Waals surface area (Å²) in [6.07, 6.45) is 0. The second-order valence-electron chi connectivity index (χ2n) is 4.99. The second kappa shape index (κ2) is 6.54. The molecule has 0 aromatic heterocycles. The fourth-order valence-corrected chi connectivity index (χ4v) is 4.42. The van der Waals surface area contributed by atoms with Gasteiger partial charge in [-0.15, -0.1) is 0 Å². The summed E-state index contributed by atoms with van der Waals surface area (Å²) >= 11 is 3.46. The van der Waals surface area contributed by atoms with E-state index >= 15 is 0 Å². The van der Waals surface area contributed by atoms with Gasteiger partial charge in [0.1, 0.15) is 0 Å². The maximum absolute atomic E-state index is 11.4. The minimum atomic E-state index is -0.225. The monoisotopic (exact) mass is 317 g/mol. The van der Waals surface area contributed by atoms with Gasteiger partial charge in [-0.3, -0.25) is 10.1 Å². The Morgan fingerprint density at radius 3 is 1.90 bits per heavy atom. The summed E-state index contributed by atoms with van der Waals surface area (Å²) in [5, 5.41) is 11.4. The molecular weight excluding hydrogens is 302 g/mol. The molecule has 0 fully saturated rings. The lowest BCUT2D eigenvalue weighted by atomic mass is 10.1. The second-order valence-corrected chi connectivity index (χ2v) is 6.96. The van der Waals surface area contributed by atoms with Crippen molar-refractivity contribution in [2.45, 2.75) is 23.0 Å². The molecule has 0 spiro atoms. The molecule has 0 atom stereocenters. The van der Waals surface area contributed by atoms with E-state index in [1.807, 2.05) is 18.2 Å². The zero-order chi connectivity index (χ0) is 14.7. The van der Waals surface area contributed by atoms with Crippen LogP contribution in [0.3, 0.4) is 0 Å². The standard InChI is InChI=1S/C16H15NO2S2/c18-17(19)16-14-5-2-6-15(16)11-21-9-13-4-1-3-12(7-13)8-20-10-14/h1-7H,8-11H2. The number of nitrogens with zero attached hydrogens (tertiary/aromatic N) is 1. The number of nitro groups is 1. The van der Waals surface area contributed by atoms with Crippen molar-refractivity contribution in [1.82, 2.24) is 0 Å². The molecule has 5 heteroatoms. The van der Waals surface area contributed by atoms with Crippen LogP contribution in [0.2, 0.25) is 0 Å². The van der Waals surface area contributed by atoms with Crippen molar-refractivity contribution < 1.29 is 4.92 Å². The van der Waals surface area contributed by atoms with Gasteiger partial charge in [-0.25, -0.2) is 0 Å². The quantitative estimate of drug-likeness (QED) is 0.561. The normalized spacial score (nSPS) is 14.9. The van der Waals surface area contributed by atoms with E-state index < -0.39 is 0 Å². The highest BCUT2D eigenvalue weighted by Gasteiger charge is 2.19. The van der Waals surface area contributed by atoms with Crippen LogP contribution in [0.4, 0.5) is 5.69 Å². The van der Waals surface area contributed by atoms with Gasteiger partial charge >= 0.3 is 0 Å². The molecule has 2 aromatic carbocycles. The summed E-state index contributed by atoms with van der Waals surface area (Å²) in [5.41, 5.74) is 4.55. The molecule has 108 valence electrons. The van der Waals surface area contributed by atoms with Gasteiger partial charge in [0.05, 0.1) is 4.92 Å². The van der Waals surface area contributed by atoms with Crippen molar-refractivity contribution in [1.29, 1.82) is 0 Å². The topological polar surface area (TPSA) is 43.1 Å². The molecule has 0 saturated heterocycles. The first-order chi connectivity index (χ1) is 10.2. The Labute approximate surface area is 132 Å². The summed E-state index contributed by atoms with van der Waals surface area (Å²) in [6.45, 7) is 0. The van der Waals surface area contributed by atoms with Gasteiger partial charge in [0.2, 0.25) is 0 Å². The first-order valence-corrected chi connectivity index (χ1v) is 9.03. The highest BCUT2D eigenvalue weighted by atomic mass is 32.2. The fraction of sp³-hybridized carbons (Fsp3) is 0.250. The number of thioether (sulfide) groups is 2. The average Bonchev–Trinajstić information content (AvgIpc) is 2.47. The van der Waals surface area contributed by atoms with Crippen molar-refractivity contribution in [3.8, 4) is 0 Å². The van der Waals surface area contributed by atoms with Crippen molar-refractivity contribution in [2.75, 3.05) is 0 Å². The first kappa shape index (κ1) is 14.5. The zero-order valence-corrected chi connectivity index (χ0v) is 13.1. The molecule has 3 rings (SSSR count). The van der Waals surface area contributed by atoms with E-state index in [4.69, 9.17) is 0 Å². The number of hydrogen-bond acceptors (Lipinski definition) is 4. The van der Waals surface area contributed by atoms with Crippen molar-refractivity contribution >= 4 is 29.2 Å². The van der Waals surface area contributed by atoms with Crippen LogP contribution in [0.15, 0.2) is 42.5 Å². The predicted molar refractivity (Wildman–Crippen MR) is 89.5 cm³/mol. The predicted octanol–water partition coefficient (Wildman–Crippen LogP) is 4.78. The molecule has 0 saturated carbocycles. The lowest BCUT2D eigenvalue weighted by Gasteiger charge is -2.11. The molecule has 1 aliphatic rings. The highest BCUT2D eigenvalue weighted by molar-refractivity contribution is 7.98. The molecule has 0 aliphatic carbocycles. The van der Waals surface area contributed by atoms with E-state index in [0.717, 1.165) is 22.6 Å². The molecule has 2 aromatic rings. The molecule has 3 nitrogen and oxygen atoms in total. The summed E-state index contributed by atoms with van der Waals surface area (Å²) in [4.78, 5) is 11.2. The van der Waals surface area contributed by atoms with Crippen molar-refractivity contribution in [2.24, 2.45) is 0 Å². The molecule has 1 heterocycles. The Morgan fingerprint density at radius 1 is 0.857 bits per heavy atom. The fourth-order valence-electron chi connectivity index (χ4n) is 2.48. The van der Waals surface area contributed by atoms with Crippen LogP contribution in [0.25, 0.3) is 0 Å². The number of fused-ring (bicyclic) bond motifs is 4. The lowest BCUT2D eigenvalue weighted by molar-refractivity contribution is -0.386. The molecule has 1 aliphatic heterocycles. The molecule has 21 heavy (non-hydrogen) atoms. The highest BCUT2D eigenvalue weighted by Crippen LogP contribution is 2.32. The van der Waals surface area contributed by atoms with E-state index in [9.17, 15) is 10.1 Å². The molecular formula is C16H15NO2S2. The Hall–Kier alpha value is -1.46. The van der Waals surface area contributed by atoms with E-state index in [1.165, 1.54) is 11.1 Å². The van der Waals surface area contributed by atoms with Gasteiger partial charge in [0, 0.05) is 34.1 Å². The molecule has 4 bridgehead atoms. The largest absolute Gasteiger partial charge is 0.277 e. The number of rotatable bonds is 1. The van der Waals surface area contributed by atoms with Crippen LogP contribution in [-0.4, -0.2) is 4.92 Å². The van der Waals surface area contributed by atoms with E-state index in [-0.39, 0.29) is 4.92 Å². The van der Waals surface area contributed by atoms with E-state index in [2.05, 4.69) is 24.3 Å². The maximum atomic E-state index is 11.4. The third-order valence-corrected chi connectivity index (χ3v) is 5.53. The van der Waals surface area contributed by atoms with Crippen LogP contribution in [0, 0.1) is 10.1 Å². The van der Waals surface area contributed by atoms with Crippen LogP contribution in [0.5, 0.6) is 0 Å². The third kappa shape index (κ3) is 3.41. The lowest BCUT2D eigenvalue weighted by Crippen LogP contribution is -2.00. The number of benzene rings is 2. The SMILES string of the molecule is O=[N+]([O-])c1c2cccc1CSCc1cccc(c1)CSC2. The minimum absolute atomic E-state index is 0.225. The van der Waals surface area contributed by atoms with Crippen LogP contribution < -0.4 is 0 Å². The smallest absolute Gasteiger partial charge is 0.258 e.